The van der Waals surface area contributed by atoms with Crippen molar-refractivity contribution in [1.29, 1.82) is 0 Å². The summed E-state index contributed by atoms with van der Waals surface area (Å²) in [6.07, 6.45) is 3.19. The van der Waals surface area contributed by atoms with E-state index >= 15 is 0 Å². The monoisotopic (exact) mass is 229 g/mol. The highest BCUT2D eigenvalue weighted by Gasteiger charge is 2.31. The smallest absolute Gasteiger partial charge is 0.309 e. The maximum absolute atomic E-state index is 10.9. The summed E-state index contributed by atoms with van der Waals surface area (Å²) in [5.74, 6) is -0.727. The molecule has 2 N–H and O–H groups in total. The Bertz CT molecular complexity index is 234. The summed E-state index contributed by atoms with van der Waals surface area (Å²) in [5.41, 5.74) is -0.629. The van der Waals surface area contributed by atoms with Crippen LogP contribution in [0.4, 0.5) is 0 Å². The second kappa shape index (κ2) is 5.64. The van der Waals surface area contributed by atoms with Crippen LogP contribution in [0.3, 0.4) is 0 Å². The summed E-state index contributed by atoms with van der Waals surface area (Å²) in [5, 5.41) is 12.3. The topological polar surface area (TPSA) is 58.6 Å². The molecule has 1 fully saturated rings. The largest absolute Gasteiger partial charge is 0.481 e. The van der Waals surface area contributed by atoms with Gasteiger partial charge in [0.1, 0.15) is 0 Å². The van der Waals surface area contributed by atoms with Crippen LogP contribution in [0.25, 0.3) is 0 Å². The number of aliphatic carboxylic acids is 1. The van der Waals surface area contributed by atoms with Crippen molar-refractivity contribution in [1.82, 2.24) is 5.32 Å². The molecule has 0 spiro atoms. The first-order chi connectivity index (χ1) is 7.45. The summed E-state index contributed by atoms with van der Waals surface area (Å²) >= 11 is 0. The first-order valence-electron chi connectivity index (χ1n) is 6.04. The fraction of sp³-hybridized carbons (Fsp3) is 0.917. The molecule has 0 bridgehead atoms. The maximum atomic E-state index is 10.9. The zero-order valence-electron chi connectivity index (χ0n) is 10.5. The van der Waals surface area contributed by atoms with Crippen LogP contribution in [0, 0.1) is 5.41 Å². The van der Waals surface area contributed by atoms with Crippen LogP contribution in [0.5, 0.6) is 0 Å². The third-order valence-electron chi connectivity index (χ3n) is 3.26. The highest BCUT2D eigenvalue weighted by molar-refractivity contribution is 5.73. The quantitative estimate of drug-likeness (QED) is 0.697. The van der Waals surface area contributed by atoms with Gasteiger partial charge in [0.2, 0.25) is 0 Å². The van der Waals surface area contributed by atoms with E-state index in [9.17, 15) is 4.79 Å². The predicted molar refractivity (Wildman–Crippen MR) is 62.5 cm³/mol. The molecule has 0 heterocycles. The van der Waals surface area contributed by atoms with E-state index in [2.05, 4.69) is 5.32 Å². The molecule has 1 aliphatic rings. The van der Waals surface area contributed by atoms with Crippen LogP contribution in [0.15, 0.2) is 0 Å². The standard InChI is InChI=1S/C12H23NO3/c1-4-16-10-7-9(8-10)13-6-5-12(2,3)11(14)15/h9-10,13H,4-8H2,1-3H3,(H,14,15). The number of hydrogen-bond donors (Lipinski definition) is 2. The lowest BCUT2D eigenvalue weighted by molar-refractivity contribution is -0.147. The first-order valence-corrected chi connectivity index (χ1v) is 6.04. The predicted octanol–water partition coefficient (Wildman–Crippen LogP) is 1.64. The molecule has 0 aromatic rings. The zero-order valence-corrected chi connectivity index (χ0v) is 10.5. The summed E-state index contributed by atoms with van der Waals surface area (Å²) in [6.45, 7) is 7.09. The fourth-order valence-corrected chi connectivity index (χ4v) is 1.80. The van der Waals surface area contributed by atoms with Crippen LogP contribution in [-0.4, -0.2) is 36.4 Å². The maximum Gasteiger partial charge on any atom is 0.309 e. The molecule has 0 saturated heterocycles. The number of nitrogens with one attached hydrogen (secondary N) is 1. The first kappa shape index (κ1) is 13.5. The van der Waals surface area contributed by atoms with Gasteiger partial charge in [-0.15, -0.1) is 0 Å². The van der Waals surface area contributed by atoms with Crippen LogP contribution in [0.1, 0.15) is 40.0 Å². The van der Waals surface area contributed by atoms with Gasteiger partial charge < -0.3 is 15.2 Å². The lowest BCUT2D eigenvalue weighted by Crippen LogP contribution is -2.46. The average Bonchev–Trinajstić information content (AvgIpc) is 2.13. The van der Waals surface area contributed by atoms with Crippen molar-refractivity contribution in [3.63, 3.8) is 0 Å². The molecule has 1 saturated carbocycles. The Morgan fingerprint density at radius 2 is 2.12 bits per heavy atom. The normalized spacial score (nSPS) is 25.2. The Hall–Kier alpha value is -0.610. The Morgan fingerprint density at radius 1 is 1.50 bits per heavy atom. The van der Waals surface area contributed by atoms with E-state index < -0.39 is 11.4 Å². The van der Waals surface area contributed by atoms with Gasteiger partial charge in [0.05, 0.1) is 11.5 Å². The number of hydrogen-bond acceptors (Lipinski definition) is 3. The van der Waals surface area contributed by atoms with E-state index in [1.165, 1.54) is 0 Å². The minimum Gasteiger partial charge on any atom is -0.481 e. The summed E-state index contributed by atoms with van der Waals surface area (Å²) < 4.78 is 5.46. The van der Waals surface area contributed by atoms with Crippen molar-refractivity contribution < 1.29 is 14.6 Å². The van der Waals surface area contributed by atoms with Crippen molar-refractivity contribution in [2.45, 2.75) is 52.2 Å². The van der Waals surface area contributed by atoms with E-state index in [0.717, 1.165) is 26.0 Å². The second-order valence-corrected chi connectivity index (χ2v) is 5.14. The molecular weight excluding hydrogens is 206 g/mol. The molecule has 1 rings (SSSR count). The van der Waals surface area contributed by atoms with E-state index in [0.29, 0.717) is 18.6 Å². The molecule has 0 atom stereocenters. The Labute approximate surface area is 97.4 Å². The van der Waals surface area contributed by atoms with Crippen molar-refractivity contribution in [3.05, 3.63) is 0 Å². The Kier molecular flexibility index (Phi) is 4.74. The minimum atomic E-state index is -0.727. The zero-order chi connectivity index (χ0) is 12.2. The van der Waals surface area contributed by atoms with Gasteiger partial charge in [-0.25, -0.2) is 0 Å². The summed E-state index contributed by atoms with van der Waals surface area (Å²) in [6, 6.07) is 0.515. The molecule has 16 heavy (non-hydrogen) atoms. The SMILES string of the molecule is CCOC1CC(NCCC(C)(C)C(=O)O)C1. The molecule has 4 nitrogen and oxygen atoms in total. The van der Waals surface area contributed by atoms with Crippen molar-refractivity contribution >= 4 is 5.97 Å². The number of rotatable bonds is 7. The van der Waals surface area contributed by atoms with E-state index in [1.54, 1.807) is 13.8 Å². The third kappa shape index (κ3) is 3.76. The van der Waals surface area contributed by atoms with Gasteiger partial charge in [-0.3, -0.25) is 4.79 Å². The van der Waals surface area contributed by atoms with Gasteiger partial charge in [-0.05, 0) is 46.6 Å². The molecule has 0 aromatic carbocycles. The molecule has 0 amide bonds. The molecule has 0 aromatic heterocycles. The van der Waals surface area contributed by atoms with Gasteiger partial charge in [0.25, 0.3) is 0 Å². The third-order valence-corrected chi connectivity index (χ3v) is 3.26. The number of ether oxygens (including phenoxy) is 1. The highest BCUT2D eigenvalue weighted by Crippen LogP contribution is 2.24. The van der Waals surface area contributed by atoms with Gasteiger partial charge >= 0.3 is 5.97 Å². The molecule has 4 heteroatoms. The van der Waals surface area contributed by atoms with Crippen molar-refractivity contribution in [2.24, 2.45) is 5.41 Å². The van der Waals surface area contributed by atoms with Gasteiger partial charge in [0.15, 0.2) is 0 Å². The second-order valence-electron chi connectivity index (χ2n) is 5.14. The lowest BCUT2D eigenvalue weighted by atomic mass is 9.87. The summed E-state index contributed by atoms with van der Waals surface area (Å²) in [7, 11) is 0. The molecular formula is C12H23NO3. The van der Waals surface area contributed by atoms with Crippen LogP contribution < -0.4 is 5.32 Å². The molecule has 0 unspecified atom stereocenters. The van der Waals surface area contributed by atoms with Gasteiger partial charge in [0, 0.05) is 12.6 Å². The molecule has 94 valence electrons. The van der Waals surface area contributed by atoms with Crippen LogP contribution >= 0.6 is 0 Å². The van der Waals surface area contributed by atoms with Crippen molar-refractivity contribution in [2.75, 3.05) is 13.2 Å². The number of carboxylic acids is 1. The molecule has 0 aliphatic heterocycles. The molecule has 1 aliphatic carbocycles. The molecule has 0 radical (unpaired) electrons. The van der Waals surface area contributed by atoms with Crippen LogP contribution in [0.2, 0.25) is 0 Å². The van der Waals surface area contributed by atoms with Gasteiger partial charge in [-0.1, -0.05) is 0 Å². The average molecular weight is 229 g/mol. The Balaban J connectivity index is 2.07. The minimum absolute atomic E-state index is 0.412. The van der Waals surface area contributed by atoms with E-state index in [4.69, 9.17) is 9.84 Å². The van der Waals surface area contributed by atoms with E-state index in [-0.39, 0.29) is 0 Å². The number of carbonyl (C=O) groups is 1. The fourth-order valence-electron chi connectivity index (χ4n) is 1.80. The van der Waals surface area contributed by atoms with Crippen molar-refractivity contribution in [3.8, 4) is 0 Å². The number of carboxylic acid groups (broad SMARTS) is 1. The van der Waals surface area contributed by atoms with Crippen LogP contribution in [-0.2, 0) is 9.53 Å². The Morgan fingerprint density at radius 3 is 2.62 bits per heavy atom. The van der Waals surface area contributed by atoms with E-state index in [1.807, 2.05) is 6.92 Å². The van der Waals surface area contributed by atoms with Gasteiger partial charge in [-0.2, -0.15) is 0 Å². The lowest BCUT2D eigenvalue weighted by Gasteiger charge is -2.36. The summed E-state index contributed by atoms with van der Waals surface area (Å²) in [4.78, 5) is 10.9. The highest BCUT2D eigenvalue weighted by atomic mass is 16.5.